The molecule has 0 radical (unpaired) electrons. The average Bonchev–Trinajstić information content (AvgIpc) is 2.38. The van der Waals surface area contributed by atoms with Gasteiger partial charge in [-0.25, -0.2) is 0 Å². The summed E-state index contributed by atoms with van der Waals surface area (Å²) in [5, 5.41) is 6.28. The standard InChI is InChI=1S/C16H26N2O2/c1-6-17-13-7-8-14(12(4)9-13)16(19)18-15(10-20-5)11(2)3/h7-9,11,15,17H,6,10H2,1-5H3,(H,18,19). The molecule has 1 rings (SSSR count). The molecule has 1 unspecified atom stereocenters. The van der Waals surface area contributed by atoms with Gasteiger partial charge in [-0.05, 0) is 43.5 Å². The molecule has 1 amide bonds. The number of anilines is 1. The number of hydrogen-bond donors (Lipinski definition) is 2. The predicted octanol–water partition coefficient (Wildman–Crippen LogP) is 2.83. The van der Waals surface area contributed by atoms with Crippen molar-refractivity contribution in [2.45, 2.75) is 33.7 Å². The summed E-state index contributed by atoms with van der Waals surface area (Å²) in [7, 11) is 1.65. The van der Waals surface area contributed by atoms with Gasteiger partial charge in [0.2, 0.25) is 0 Å². The highest BCUT2D eigenvalue weighted by Gasteiger charge is 2.18. The Morgan fingerprint density at radius 1 is 1.35 bits per heavy atom. The van der Waals surface area contributed by atoms with Gasteiger partial charge >= 0.3 is 0 Å². The summed E-state index contributed by atoms with van der Waals surface area (Å²) in [5.74, 6) is 0.293. The molecule has 0 aliphatic carbocycles. The molecule has 112 valence electrons. The third-order valence-electron chi connectivity index (χ3n) is 3.32. The average molecular weight is 278 g/mol. The molecule has 0 heterocycles. The molecule has 0 bridgehead atoms. The van der Waals surface area contributed by atoms with Gasteiger partial charge in [0.15, 0.2) is 0 Å². The highest BCUT2D eigenvalue weighted by atomic mass is 16.5. The lowest BCUT2D eigenvalue weighted by molar-refractivity contribution is 0.0866. The molecule has 0 aliphatic rings. The number of hydrogen-bond acceptors (Lipinski definition) is 3. The number of benzene rings is 1. The van der Waals surface area contributed by atoms with E-state index in [1.54, 1.807) is 7.11 Å². The monoisotopic (exact) mass is 278 g/mol. The number of carbonyl (C=O) groups is 1. The lowest BCUT2D eigenvalue weighted by Crippen LogP contribution is -2.41. The quantitative estimate of drug-likeness (QED) is 0.806. The van der Waals surface area contributed by atoms with E-state index in [0.29, 0.717) is 18.1 Å². The molecule has 20 heavy (non-hydrogen) atoms. The van der Waals surface area contributed by atoms with Crippen molar-refractivity contribution in [3.8, 4) is 0 Å². The van der Waals surface area contributed by atoms with Crippen molar-refractivity contribution in [2.75, 3.05) is 25.6 Å². The van der Waals surface area contributed by atoms with Crippen LogP contribution in [0.25, 0.3) is 0 Å². The Morgan fingerprint density at radius 2 is 2.05 bits per heavy atom. The van der Waals surface area contributed by atoms with Crippen molar-refractivity contribution >= 4 is 11.6 Å². The van der Waals surface area contributed by atoms with Gasteiger partial charge in [0.05, 0.1) is 12.6 Å². The number of amides is 1. The lowest BCUT2D eigenvalue weighted by atomic mass is 10.0. The summed E-state index contributed by atoms with van der Waals surface area (Å²) in [6.07, 6.45) is 0. The molecule has 1 aromatic carbocycles. The zero-order valence-corrected chi connectivity index (χ0v) is 13.1. The second kappa shape index (κ2) is 7.90. The molecule has 4 nitrogen and oxygen atoms in total. The first kappa shape index (κ1) is 16.5. The number of nitrogens with one attached hydrogen (secondary N) is 2. The number of rotatable bonds is 7. The Bertz CT molecular complexity index is 444. The lowest BCUT2D eigenvalue weighted by Gasteiger charge is -2.22. The maximum atomic E-state index is 12.3. The Kier molecular flexibility index (Phi) is 6.52. The number of methoxy groups -OCH3 is 1. The van der Waals surface area contributed by atoms with Crippen LogP contribution in [0, 0.1) is 12.8 Å². The first-order chi connectivity index (χ1) is 9.49. The Labute approximate surface area is 121 Å². The summed E-state index contributed by atoms with van der Waals surface area (Å²) < 4.78 is 5.16. The molecule has 1 atom stereocenters. The normalized spacial score (nSPS) is 12.3. The van der Waals surface area contributed by atoms with Gasteiger partial charge in [0, 0.05) is 24.9 Å². The zero-order chi connectivity index (χ0) is 15.1. The van der Waals surface area contributed by atoms with Crippen LogP contribution in [0.15, 0.2) is 18.2 Å². The summed E-state index contributed by atoms with van der Waals surface area (Å²) in [5.41, 5.74) is 2.73. The minimum atomic E-state index is -0.0405. The summed E-state index contributed by atoms with van der Waals surface area (Å²) in [4.78, 5) is 12.3. The molecule has 2 N–H and O–H groups in total. The van der Waals surface area contributed by atoms with Crippen LogP contribution in [0.3, 0.4) is 0 Å². The third-order valence-corrected chi connectivity index (χ3v) is 3.32. The summed E-state index contributed by atoms with van der Waals surface area (Å²) >= 11 is 0. The fraction of sp³-hybridized carbons (Fsp3) is 0.562. The van der Waals surface area contributed by atoms with E-state index in [-0.39, 0.29) is 11.9 Å². The highest BCUT2D eigenvalue weighted by molar-refractivity contribution is 5.96. The first-order valence-electron chi connectivity index (χ1n) is 7.13. The van der Waals surface area contributed by atoms with Gasteiger partial charge in [0.1, 0.15) is 0 Å². The van der Waals surface area contributed by atoms with E-state index in [1.165, 1.54) is 0 Å². The smallest absolute Gasteiger partial charge is 0.251 e. The van der Waals surface area contributed by atoms with Crippen LogP contribution in [0.1, 0.15) is 36.7 Å². The molecular formula is C16H26N2O2. The molecule has 1 aromatic rings. The second-order valence-electron chi connectivity index (χ2n) is 5.34. The fourth-order valence-corrected chi connectivity index (χ4v) is 2.06. The van der Waals surface area contributed by atoms with E-state index in [4.69, 9.17) is 4.74 Å². The van der Waals surface area contributed by atoms with Gasteiger partial charge in [-0.1, -0.05) is 13.8 Å². The van der Waals surface area contributed by atoms with Crippen LogP contribution in [0.5, 0.6) is 0 Å². The molecular weight excluding hydrogens is 252 g/mol. The van der Waals surface area contributed by atoms with Crippen LogP contribution in [0.2, 0.25) is 0 Å². The molecule has 0 aromatic heterocycles. The molecule has 0 saturated heterocycles. The fourth-order valence-electron chi connectivity index (χ4n) is 2.06. The van der Waals surface area contributed by atoms with Gasteiger partial charge < -0.3 is 15.4 Å². The minimum absolute atomic E-state index is 0.0281. The molecule has 0 spiro atoms. The number of ether oxygens (including phenoxy) is 1. The molecule has 0 aliphatic heterocycles. The van der Waals surface area contributed by atoms with E-state index in [0.717, 1.165) is 17.8 Å². The van der Waals surface area contributed by atoms with Crippen LogP contribution >= 0.6 is 0 Å². The van der Waals surface area contributed by atoms with E-state index < -0.39 is 0 Å². The van der Waals surface area contributed by atoms with E-state index in [1.807, 2.05) is 32.0 Å². The molecule has 0 fully saturated rings. The van der Waals surface area contributed by atoms with Crippen LogP contribution in [-0.4, -0.2) is 32.2 Å². The van der Waals surface area contributed by atoms with Crippen LogP contribution in [0.4, 0.5) is 5.69 Å². The van der Waals surface area contributed by atoms with Crippen molar-refractivity contribution in [3.63, 3.8) is 0 Å². The third kappa shape index (κ3) is 4.53. The van der Waals surface area contributed by atoms with E-state index in [9.17, 15) is 4.79 Å². The number of aryl methyl sites for hydroxylation is 1. The SMILES string of the molecule is CCNc1ccc(C(=O)NC(COC)C(C)C)c(C)c1. The second-order valence-corrected chi connectivity index (χ2v) is 5.34. The van der Waals surface area contributed by atoms with Crippen molar-refractivity contribution in [1.82, 2.24) is 5.32 Å². The number of carbonyl (C=O) groups excluding carboxylic acids is 1. The summed E-state index contributed by atoms with van der Waals surface area (Å²) in [6.45, 7) is 9.55. The Morgan fingerprint density at radius 3 is 2.55 bits per heavy atom. The van der Waals surface area contributed by atoms with Gasteiger partial charge in [-0.15, -0.1) is 0 Å². The highest BCUT2D eigenvalue weighted by Crippen LogP contribution is 2.15. The maximum absolute atomic E-state index is 12.3. The minimum Gasteiger partial charge on any atom is -0.385 e. The maximum Gasteiger partial charge on any atom is 0.251 e. The van der Waals surface area contributed by atoms with Gasteiger partial charge in [-0.3, -0.25) is 4.79 Å². The topological polar surface area (TPSA) is 50.4 Å². The Hall–Kier alpha value is -1.55. The van der Waals surface area contributed by atoms with E-state index in [2.05, 4.69) is 24.5 Å². The molecule has 0 saturated carbocycles. The van der Waals surface area contributed by atoms with Crippen LogP contribution < -0.4 is 10.6 Å². The predicted molar refractivity (Wildman–Crippen MR) is 83.3 cm³/mol. The molecule has 4 heteroatoms. The first-order valence-corrected chi connectivity index (χ1v) is 7.13. The van der Waals surface area contributed by atoms with Crippen molar-refractivity contribution < 1.29 is 9.53 Å². The van der Waals surface area contributed by atoms with Gasteiger partial charge in [0.25, 0.3) is 5.91 Å². The zero-order valence-electron chi connectivity index (χ0n) is 13.1. The van der Waals surface area contributed by atoms with Crippen molar-refractivity contribution in [3.05, 3.63) is 29.3 Å². The van der Waals surface area contributed by atoms with Gasteiger partial charge in [-0.2, -0.15) is 0 Å². The summed E-state index contributed by atoms with van der Waals surface area (Å²) in [6, 6.07) is 5.83. The van der Waals surface area contributed by atoms with E-state index >= 15 is 0 Å². The van der Waals surface area contributed by atoms with Crippen molar-refractivity contribution in [2.24, 2.45) is 5.92 Å². The van der Waals surface area contributed by atoms with Crippen molar-refractivity contribution in [1.29, 1.82) is 0 Å². The van der Waals surface area contributed by atoms with Crippen LogP contribution in [-0.2, 0) is 4.74 Å². The Balaban J connectivity index is 2.81. The largest absolute Gasteiger partial charge is 0.385 e.